The van der Waals surface area contributed by atoms with E-state index in [-0.39, 0.29) is 0 Å². The predicted molar refractivity (Wildman–Crippen MR) is 63.0 cm³/mol. The van der Waals surface area contributed by atoms with Gasteiger partial charge < -0.3 is 5.32 Å². The summed E-state index contributed by atoms with van der Waals surface area (Å²) in [4.78, 5) is 4.53. The van der Waals surface area contributed by atoms with Gasteiger partial charge in [0.2, 0.25) is 0 Å². The Morgan fingerprint density at radius 3 is 3.27 bits per heavy atom. The maximum absolute atomic E-state index is 4.53. The van der Waals surface area contributed by atoms with E-state index in [0.717, 1.165) is 12.5 Å². The van der Waals surface area contributed by atoms with Crippen molar-refractivity contribution in [1.82, 2.24) is 10.3 Å². The summed E-state index contributed by atoms with van der Waals surface area (Å²) in [5, 5.41) is 3.24. The van der Waals surface area contributed by atoms with Crippen LogP contribution >= 0.6 is 0 Å². The number of aryl methyl sites for hydroxylation is 1. The smallest absolute Gasteiger partial charge is 0.0466 e. The Kier molecular flexibility index (Phi) is 3.37. The Morgan fingerprint density at radius 2 is 2.47 bits per heavy atom. The number of pyridine rings is 1. The van der Waals surface area contributed by atoms with E-state index in [1.165, 1.54) is 30.5 Å². The zero-order chi connectivity index (χ0) is 10.7. The van der Waals surface area contributed by atoms with Crippen LogP contribution in [0.1, 0.15) is 36.9 Å². The molecule has 2 unspecified atom stereocenters. The van der Waals surface area contributed by atoms with Crippen molar-refractivity contribution in [2.24, 2.45) is 5.92 Å². The number of fused-ring (bicyclic) bond motifs is 1. The van der Waals surface area contributed by atoms with Crippen molar-refractivity contribution >= 4 is 0 Å². The molecule has 2 rings (SSSR count). The second-order valence-corrected chi connectivity index (χ2v) is 4.68. The first kappa shape index (κ1) is 10.6. The highest BCUT2D eigenvalue weighted by atomic mass is 14.8. The summed E-state index contributed by atoms with van der Waals surface area (Å²) in [6.07, 6.45) is 5.71. The lowest BCUT2D eigenvalue weighted by Gasteiger charge is -2.16. The molecule has 1 aromatic heterocycles. The lowest BCUT2D eigenvalue weighted by molar-refractivity contribution is 0.444. The van der Waals surface area contributed by atoms with Gasteiger partial charge in [0.15, 0.2) is 0 Å². The monoisotopic (exact) mass is 204 g/mol. The Morgan fingerprint density at radius 1 is 1.60 bits per heavy atom. The first-order valence-corrected chi connectivity index (χ1v) is 5.89. The summed E-state index contributed by atoms with van der Waals surface area (Å²) >= 11 is 0. The van der Waals surface area contributed by atoms with Crippen LogP contribution in [-0.4, -0.2) is 18.6 Å². The van der Waals surface area contributed by atoms with Crippen molar-refractivity contribution < 1.29 is 0 Å². The van der Waals surface area contributed by atoms with E-state index >= 15 is 0 Å². The van der Waals surface area contributed by atoms with Crippen LogP contribution in [-0.2, 0) is 6.42 Å². The molecule has 0 bridgehead atoms. The molecule has 0 amide bonds. The molecule has 1 N–H and O–H groups in total. The van der Waals surface area contributed by atoms with Crippen molar-refractivity contribution in [2.45, 2.75) is 32.1 Å². The molecule has 0 radical (unpaired) electrons. The molecule has 0 spiro atoms. The van der Waals surface area contributed by atoms with Crippen molar-refractivity contribution in [3.8, 4) is 0 Å². The van der Waals surface area contributed by atoms with Gasteiger partial charge in [-0.3, -0.25) is 4.98 Å². The summed E-state index contributed by atoms with van der Waals surface area (Å²) in [7, 11) is 2.03. The topological polar surface area (TPSA) is 24.9 Å². The van der Waals surface area contributed by atoms with Gasteiger partial charge in [0.1, 0.15) is 0 Å². The largest absolute Gasteiger partial charge is 0.319 e. The Bertz CT molecular complexity index is 322. The van der Waals surface area contributed by atoms with Gasteiger partial charge >= 0.3 is 0 Å². The van der Waals surface area contributed by atoms with E-state index in [0.29, 0.717) is 5.92 Å². The van der Waals surface area contributed by atoms with E-state index in [1.807, 2.05) is 13.2 Å². The number of nitrogens with one attached hydrogen (secondary N) is 1. The van der Waals surface area contributed by atoms with Gasteiger partial charge in [0.05, 0.1) is 0 Å². The molecule has 2 heteroatoms. The van der Waals surface area contributed by atoms with Gasteiger partial charge in [-0.25, -0.2) is 0 Å². The number of rotatable bonds is 4. The molecule has 0 fully saturated rings. The average Bonchev–Trinajstić information content (AvgIpc) is 2.62. The van der Waals surface area contributed by atoms with Crippen LogP contribution in [0, 0.1) is 5.92 Å². The molecule has 0 saturated carbocycles. The van der Waals surface area contributed by atoms with Gasteiger partial charge in [-0.1, -0.05) is 13.0 Å². The third-order valence-electron chi connectivity index (χ3n) is 3.31. The highest BCUT2D eigenvalue weighted by molar-refractivity contribution is 5.28. The predicted octanol–water partition coefficient (Wildman–Crippen LogP) is 2.36. The minimum atomic E-state index is 0.699. The minimum absolute atomic E-state index is 0.699. The van der Waals surface area contributed by atoms with Crippen molar-refractivity contribution in [2.75, 3.05) is 13.6 Å². The van der Waals surface area contributed by atoms with Crippen LogP contribution in [0.5, 0.6) is 0 Å². The molecule has 82 valence electrons. The first-order valence-electron chi connectivity index (χ1n) is 5.89. The zero-order valence-electron chi connectivity index (χ0n) is 9.66. The van der Waals surface area contributed by atoms with Crippen LogP contribution in [0.15, 0.2) is 18.3 Å². The summed E-state index contributed by atoms with van der Waals surface area (Å²) in [5.41, 5.74) is 2.83. The molecule has 2 atom stereocenters. The van der Waals surface area contributed by atoms with Gasteiger partial charge in [-0.2, -0.15) is 0 Å². The Hall–Kier alpha value is -0.890. The lowest BCUT2D eigenvalue weighted by atomic mass is 9.93. The Balaban J connectivity index is 2.01. The zero-order valence-corrected chi connectivity index (χ0v) is 9.66. The molecular formula is C13H20N2. The molecule has 15 heavy (non-hydrogen) atoms. The van der Waals surface area contributed by atoms with Gasteiger partial charge in [0.25, 0.3) is 0 Å². The maximum atomic E-state index is 4.53. The molecular weight excluding hydrogens is 184 g/mol. The molecule has 1 aliphatic rings. The van der Waals surface area contributed by atoms with E-state index < -0.39 is 0 Å². The van der Waals surface area contributed by atoms with E-state index in [9.17, 15) is 0 Å². The number of hydrogen-bond donors (Lipinski definition) is 1. The standard InChI is InChI=1S/C13H20N2/c1-10(9-14-2)8-12-6-5-11-4-3-7-15-13(11)12/h3-4,7,10,12,14H,5-6,8-9H2,1-2H3. The second-order valence-electron chi connectivity index (χ2n) is 4.68. The third-order valence-corrected chi connectivity index (χ3v) is 3.31. The highest BCUT2D eigenvalue weighted by Gasteiger charge is 2.24. The quantitative estimate of drug-likeness (QED) is 0.814. The molecule has 2 nitrogen and oxygen atoms in total. The van der Waals surface area contributed by atoms with Crippen LogP contribution < -0.4 is 5.32 Å². The van der Waals surface area contributed by atoms with Crippen LogP contribution in [0.3, 0.4) is 0 Å². The molecule has 1 aliphatic carbocycles. The molecule has 1 aromatic rings. The van der Waals surface area contributed by atoms with Gasteiger partial charge in [0, 0.05) is 17.8 Å². The number of hydrogen-bond acceptors (Lipinski definition) is 2. The highest BCUT2D eigenvalue weighted by Crippen LogP contribution is 2.35. The van der Waals surface area contributed by atoms with Crippen LogP contribution in [0.2, 0.25) is 0 Å². The average molecular weight is 204 g/mol. The fourth-order valence-corrected chi connectivity index (χ4v) is 2.64. The minimum Gasteiger partial charge on any atom is -0.319 e. The maximum Gasteiger partial charge on any atom is 0.0466 e. The summed E-state index contributed by atoms with van der Waals surface area (Å²) in [6.45, 7) is 3.43. The SMILES string of the molecule is CNCC(C)CC1CCc2cccnc21. The Labute approximate surface area is 92.1 Å². The van der Waals surface area contributed by atoms with E-state index in [4.69, 9.17) is 0 Å². The van der Waals surface area contributed by atoms with Gasteiger partial charge in [-0.15, -0.1) is 0 Å². The molecule has 1 heterocycles. The van der Waals surface area contributed by atoms with Gasteiger partial charge in [-0.05, 0) is 50.4 Å². The number of nitrogens with zero attached hydrogens (tertiary/aromatic N) is 1. The van der Waals surface area contributed by atoms with Crippen LogP contribution in [0.4, 0.5) is 0 Å². The molecule has 0 aromatic carbocycles. The fraction of sp³-hybridized carbons (Fsp3) is 0.615. The summed E-state index contributed by atoms with van der Waals surface area (Å²) in [6, 6.07) is 4.28. The first-order chi connectivity index (χ1) is 7.31. The van der Waals surface area contributed by atoms with Crippen LogP contribution in [0.25, 0.3) is 0 Å². The van der Waals surface area contributed by atoms with Crippen molar-refractivity contribution in [3.05, 3.63) is 29.6 Å². The summed E-state index contributed by atoms with van der Waals surface area (Å²) in [5.74, 6) is 1.44. The molecule has 0 aliphatic heterocycles. The normalized spacial score (nSPS) is 21.3. The van der Waals surface area contributed by atoms with Crippen molar-refractivity contribution in [1.29, 1.82) is 0 Å². The second kappa shape index (κ2) is 4.75. The van der Waals surface area contributed by atoms with E-state index in [1.54, 1.807) is 0 Å². The van der Waals surface area contributed by atoms with E-state index in [2.05, 4.69) is 29.4 Å². The summed E-state index contributed by atoms with van der Waals surface area (Å²) < 4.78 is 0. The lowest BCUT2D eigenvalue weighted by Crippen LogP contribution is -2.18. The molecule has 0 saturated heterocycles. The third kappa shape index (κ3) is 2.37. The number of aromatic nitrogens is 1. The fourth-order valence-electron chi connectivity index (χ4n) is 2.64. The van der Waals surface area contributed by atoms with Crippen molar-refractivity contribution in [3.63, 3.8) is 0 Å².